The van der Waals surface area contributed by atoms with Gasteiger partial charge in [-0.15, -0.1) is 0 Å². The molecule has 0 heteroatoms. The van der Waals surface area contributed by atoms with Gasteiger partial charge in [-0.2, -0.15) is 0 Å². The first-order valence-electron chi connectivity index (χ1n) is 9.50. The Morgan fingerprint density at radius 3 is 1.29 bits per heavy atom. The molecule has 0 amide bonds. The molecule has 0 nitrogen and oxygen atoms in total. The third kappa shape index (κ3) is 5.23. The van der Waals surface area contributed by atoms with Crippen molar-refractivity contribution in [2.75, 3.05) is 0 Å². The summed E-state index contributed by atoms with van der Waals surface area (Å²) in [5, 5.41) is 0. The van der Waals surface area contributed by atoms with E-state index in [1.54, 1.807) is 5.56 Å². The minimum Gasteiger partial charge on any atom is -0.0617 e. The molecule has 0 N–H and O–H groups in total. The fourth-order valence-electron chi connectivity index (χ4n) is 3.76. The molecule has 0 aliphatic rings. The summed E-state index contributed by atoms with van der Waals surface area (Å²) in [4.78, 5) is 0. The van der Waals surface area contributed by atoms with E-state index in [2.05, 4.69) is 91.8 Å². The van der Waals surface area contributed by atoms with E-state index in [1.807, 2.05) is 0 Å². The first kappa shape index (κ1) is 20.5. The van der Waals surface area contributed by atoms with Crippen molar-refractivity contribution in [3.05, 3.63) is 69.8 Å². The highest BCUT2D eigenvalue weighted by molar-refractivity contribution is 5.37. The maximum absolute atomic E-state index is 2.29. The molecule has 132 valence electrons. The third-order valence-electron chi connectivity index (χ3n) is 4.75. The number of hydrogen-bond donors (Lipinski definition) is 0. The van der Waals surface area contributed by atoms with Gasteiger partial charge in [0.2, 0.25) is 0 Å². The van der Waals surface area contributed by atoms with Crippen molar-refractivity contribution in [3.8, 4) is 0 Å². The van der Waals surface area contributed by atoms with Gasteiger partial charge in [-0.3, -0.25) is 0 Å². The highest BCUT2D eigenvalue weighted by Crippen LogP contribution is 2.24. The highest BCUT2D eigenvalue weighted by atomic mass is 14.1. The van der Waals surface area contributed by atoms with Crippen LogP contribution in [-0.4, -0.2) is 0 Å². The van der Waals surface area contributed by atoms with Crippen LogP contribution in [-0.2, 0) is 12.8 Å². The van der Waals surface area contributed by atoms with Crippen LogP contribution < -0.4 is 0 Å². The molecule has 0 bridgehead atoms. The second-order valence-electron chi connectivity index (χ2n) is 7.31. The first-order valence-corrected chi connectivity index (χ1v) is 9.50. The minimum atomic E-state index is 0.649. The molecule has 24 heavy (non-hydrogen) atoms. The molecule has 0 unspecified atom stereocenters. The Morgan fingerprint density at radius 2 is 1.00 bits per heavy atom. The predicted molar refractivity (Wildman–Crippen MR) is 109 cm³/mol. The Bertz CT molecular complexity index is 590. The molecule has 0 saturated carbocycles. The molecular formula is C24H36. The molecule has 2 aromatic carbocycles. The van der Waals surface area contributed by atoms with Crippen molar-refractivity contribution in [2.45, 2.75) is 80.1 Å². The van der Waals surface area contributed by atoms with Crippen LogP contribution in [0.3, 0.4) is 0 Å². The van der Waals surface area contributed by atoms with E-state index in [0.717, 1.165) is 12.8 Å². The summed E-state index contributed by atoms with van der Waals surface area (Å²) >= 11 is 0. The molecule has 0 saturated heterocycles. The van der Waals surface area contributed by atoms with Gasteiger partial charge in [0.25, 0.3) is 0 Å². The van der Waals surface area contributed by atoms with Gasteiger partial charge in [0.05, 0.1) is 0 Å². The Labute approximate surface area is 150 Å². The lowest BCUT2D eigenvalue weighted by molar-refractivity contribution is 0.822. The molecular weight excluding hydrogens is 288 g/mol. The lowest BCUT2D eigenvalue weighted by Gasteiger charge is -2.16. The van der Waals surface area contributed by atoms with Crippen molar-refractivity contribution >= 4 is 0 Å². The van der Waals surface area contributed by atoms with Gasteiger partial charge in [0.15, 0.2) is 0 Å². The molecule has 0 fully saturated rings. The van der Waals surface area contributed by atoms with E-state index in [9.17, 15) is 0 Å². The average molecular weight is 325 g/mol. The summed E-state index contributed by atoms with van der Waals surface area (Å²) < 4.78 is 0. The standard InChI is InChI=1S/C13H20.C11H16/c1-5-11-8-7-9-12(6-2)13(11)10(3)4;1-8(2)11-9(3)6-5-7-10(11)4/h7-10H,5-6H2,1-4H3;5-8H,1-4H3. The monoisotopic (exact) mass is 324 g/mol. The maximum atomic E-state index is 2.29. The number of aryl methyl sites for hydroxylation is 4. The second-order valence-corrected chi connectivity index (χ2v) is 7.31. The Morgan fingerprint density at radius 1 is 0.625 bits per heavy atom. The molecule has 0 aromatic heterocycles. The van der Waals surface area contributed by atoms with Gasteiger partial charge in [0.1, 0.15) is 0 Å². The van der Waals surface area contributed by atoms with Crippen LogP contribution >= 0.6 is 0 Å². The zero-order valence-electron chi connectivity index (χ0n) is 17.0. The number of rotatable bonds is 4. The van der Waals surface area contributed by atoms with Gasteiger partial charge in [-0.25, -0.2) is 0 Å². The maximum Gasteiger partial charge on any atom is -0.0213 e. The van der Waals surface area contributed by atoms with Crippen LogP contribution in [0.5, 0.6) is 0 Å². The predicted octanol–water partition coefficient (Wildman–Crippen LogP) is 7.36. The second kappa shape index (κ2) is 9.67. The van der Waals surface area contributed by atoms with Crippen LogP contribution in [0.1, 0.15) is 86.8 Å². The van der Waals surface area contributed by atoms with Gasteiger partial charge in [-0.1, -0.05) is 77.9 Å². The van der Waals surface area contributed by atoms with E-state index >= 15 is 0 Å². The zero-order valence-corrected chi connectivity index (χ0v) is 17.0. The zero-order chi connectivity index (χ0) is 18.3. The van der Waals surface area contributed by atoms with Gasteiger partial charge >= 0.3 is 0 Å². The van der Waals surface area contributed by atoms with Crippen molar-refractivity contribution < 1.29 is 0 Å². The van der Waals surface area contributed by atoms with E-state index in [0.29, 0.717) is 11.8 Å². The molecule has 2 aromatic rings. The lowest BCUT2D eigenvalue weighted by atomic mass is 9.90. The average Bonchev–Trinajstić information content (AvgIpc) is 2.53. The molecule has 0 atom stereocenters. The van der Waals surface area contributed by atoms with E-state index in [1.165, 1.54) is 27.8 Å². The summed E-state index contributed by atoms with van der Waals surface area (Å²) in [6.45, 7) is 17.9. The normalized spacial score (nSPS) is 10.8. The van der Waals surface area contributed by atoms with Gasteiger partial charge in [-0.05, 0) is 71.9 Å². The third-order valence-corrected chi connectivity index (χ3v) is 4.75. The highest BCUT2D eigenvalue weighted by Gasteiger charge is 2.08. The number of benzene rings is 2. The molecule has 2 rings (SSSR count). The molecule has 0 spiro atoms. The lowest BCUT2D eigenvalue weighted by Crippen LogP contribution is -2.00. The van der Waals surface area contributed by atoms with Crippen LogP contribution in [0.4, 0.5) is 0 Å². The van der Waals surface area contributed by atoms with E-state index in [-0.39, 0.29) is 0 Å². The SMILES string of the molecule is CCc1cccc(CC)c1C(C)C.Cc1cccc(C)c1C(C)C. The summed E-state index contributed by atoms with van der Waals surface area (Å²) in [6.07, 6.45) is 2.31. The Kier molecular flexibility index (Phi) is 8.25. The summed E-state index contributed by atoms with van der Waals surface area (Å²) in [6, 6.07) is 13.2. The fraction of sp³-hybridized carbons (Fsp3) is 0.500. The number of hydrogen-bond acceptors (Lipinski definition) is 0. The molecule has 0 aliphatic heterocycles. The Hall–Kier alpha value is -1.56. The van der Waals surface area contributed by atoms with Crippen LogP contribution in [0.2, 0.25) is 0 Å². The largest absolute Gasteiger partial charge is 0.0617 e. The van der Waals surface area contributed by atoms with Crippen molar-refractivity contribution in [1.82, 2.24) is 0 Å². The Balaban J connectivity index is 0.000000243. The quantitative estimate of drug-likeness (QED) is 0.551. The van der Waals surface area contributed by atoms with Crippen molar-refractivity contribution in [3.63, 3.8) is 0 Å². The summed E-state index contributed by atoms with van der Waals surface area (Å²) in [5.74, 6) is 1.31. The smallest absolute Gasteiger partial charge is 0.0213 e. The van der Waals surface area contributed by atoms with Gasteiger partial charge < -0.3 is 0 Å². The first-order chi connectivity index (χ1) is 11.3. The van der Waals surface area contributed by atoms with E-state index < -0.39 is 0 Å². The fourth-order valence-corrected chi connectivity index (χ4v) is 3.76. The van der Waals surface area contributed by atoms with Gasteiger partial charge in [0, 0.05) is 0 Å². The molecule has 0 radical (unpaired) electrons. The molecule has 0 aliphatic carbocycles. The van der Waals surface area contributed by atoms with E-state index in [4.69, 9.17) is 0 Å². The minimum absolute atomic E-state index is 0.649. The van der Waals surface area contributed by atoms with Crippen LogP contribution in [0, 0.1) is 13.8 Å². The van der Waals surface area contributed by atoms with Crippen LogP contribution in [0.15, 0.2) is 36.4 Å². The topological polar surface area (TPSA) is 0 Å². The molecule has 0 heterocycles. The van der Waals surface area contributed by atoms with Crippen molar-refractivity contribution in [2.24, 2.45) is 0 Å². The van der Waals surface area contributed by atoms with Crippen LogP contribution in [0.25, 0.3) is 0 Å². The summed E-state index contributed by atoms with van der Waals surface area (Å²) in [5.41, 5.74) is 8.96. The summed E-state index contributed by atoms with van der Waals surface area (Å²) in [7, 11) is 0. The van der Waals surface area contributed by atoms with Crippen molar-refractivity contribution in [1.29, 1.82) is 0 Å².